The summed E-state index contributed by atoms with van der Waals surface area (Å²) < 4.78 is 1.59. The van der Waals surface area contributed by atoms with Gasteiger partial charge < -0.3 is 5.32 Å². The van der Waals surface area contributed by atoms with Crippen molar-refractivity contribution in [2.24, 2.45) is 0 Å². The third-order valence-electron chi connectivity index (χ3n) is 5.40. The predicted octanol–water partition coefficient (Wildman–Crippen LogP) is 4.04. The van der Waals surface area contributed by atoms with E-state index in [2.05, 4.69) is 28.6 Å². The Morgan fingerprint density at radius 2 is 1.97 bits per heavy atom. The SMILES string of the molecule is Cc1cc(=O)c(C(=O)NCC2CCCc3ccccc32)nn1-c1ccc(Cl)cc1. The van der Waals surface area contributed by atoms with Gasteiger partial charge in [0, 0.05) is 29.2 Å². The molecule has 2 aromatic carbocycles. The number of fused-ring (bicyclic) bond motifs is 1. The summed E-state index contributed by atoms with van der Waals surface area (Å²) in [4.78, 5) is 25.2. The zero-order valence-electron chi connectivity index (χ0n) is 16.2. The third-order valence-corrected chi connectivity index (χ3v) is 5.65. The zero-order chi connectivity index (χ0) is 20.4. The van der Waals surface area contributed by atoms with Gasteiger partial charge in [-0.25, -0.2) is 4.68 Å². The van der Waals surface area contributed by atoms with E-state index in [0.717, 1.165) is 24.9 Å². The molecule has 29 heavy (non-hydrogen) atoms. The van der Waals surface area contributed by atoms with Crippen molar-refractivity contribution in [3.8, 4) is 5.69 Å². The number of aromatic nitrogens is 2. The zero-order valence-corrected chi connectivity index (χ0v) is 16.9. The van der Waals surface area contributed by atoms with Crippen LogP contribution in [0.15, 0.2) is 59.4 Å². The van der Waals surface area contributed by atoms with Gasteiger partial charge in [0.2, 0.25) is 5.43 Å². The maximum atomic E-state index is 12.8. The molecule has 5 nitrogen and oxygen atoms in total. The summed E-state index contributed by atoms with van der Waals surface area (Å²) in [6.07, 6.45) is 3.20. The van der Waals surface area contributed by atoms with Crippen molar-refractivity contribution in [2.75, 3.05) is 6.54 Å². The molecule has 0 spiro atoms. The van der Waals surface area contributed by atoms with Gasteiger partial charge in [0.25, 0.3) is 5.91 Å². The van der Waals surface area contributed by atoms with Crippen molar-refractivity contribution < 1.29 is 4.79 Å². The summed E-state index contributed by atoms with van der Waals surface area (Å²) in [6.45, 7) is 2.27. The number of hydrogen-bond acceptors (Lipinski definition) is 3. The Morgan fingerprint density at radius 3 is 2.76 bits per heavy atom. The molecule has 0 radical (unpaired) electrons. The van der Waals surface area contributed by atoms with E-state index >= 15 is 0 Å². The van der Waals surface area contributed by atoms with Crippen LogP contribution in [0, 0.1) is 6.92 Å². The maximum Gasteiger partial charge on any atom is 0.275 e. The molecule has 1 aliphatic carbocycles. The second-order valence-corrected chi connectivity index (χ2v) is 7.82. The van der Waals surface area contributed by atoms with Crippen LogP contribution in [0.5, 0.6) is 0 Å². The van der Waals surface area contributed by atoms with Gasteiger partial charge in [0.1, 0.15) is 0 Å². The first-order valence-electron chi connectivity index (χ1n) is 9.76. The van der Waals surface area contributed by atoms with Gasteiger partial charge in [-0.1, -0.05) is 35.9 Å². The highest BCUT2D eigenvalue weighted by atomic mass is 35.5. The third kappa shape index (κ3) is 4.10. The highest BCUT2D eigenvalue weighted by molar-refractivity contribution is 6.30. The number of carbonyl (C=O) groups excluding carboxylic acids is 1. The van der Waals surface area contributed by atoms with Crippen LogP contribution in [-0.2, 0) is 6.42 Å². The molecule has 1 aromatic heterocycles. The molecule has 0 bridgehead atoms. The molecular weight excluding hydrogens is 386 g/mol. The lowest BCUT2D eigenvalue weighted by atomic mass is 9.83. The number of halogens is 1. The Bertz CT molecular complexity index is 1110. The molecule has 0 fully saturated rings. The molecule has 6 heteroatoms. The molecule has 1 aliphatic rings. The van der Waals surface area contributed by atoms with E-state index in [1.165, 1.54) is 17.2 Å². The maximum absolute atomic E-state index is 12.8. The van der Waals surface area contributed by atoms with Crippen molar-refractivity contribution >= 4 is 17.5 Å². The Morgan fingerprint density at radius 1 is 1.21 bits per heavy atom. The lowest BCUT2D eigenvalue weighted by Crippen LogP contribution is -2.35. The van der Waals surface area contributed by atoms with Crippen LogP contribution in [0.2, 0.25) is 5.02 Å². The molecular formula is C23H22ClN3O2. The minimum Gasteiger partial charge on any atom is -0.350 e. The van der Waals surface area contributed by atoms with Crippen molar-refractivity contribution in [3.05, 3.63) is 92.4 Å². The molecule has 0 saturated heterocycles. The first-order valence-corrected chi connectivity index (χ1v) is 10.1. The lowest BCUT2D eigenvalue weighted by molar-refractivity contribution is 0.0942. The van der Waals surface area contributed by atoms with Crippen LogP contribution < -0.4 is 10.7 Å². The smallest absolute Gasteiger partial charge is 0.275 e. The molecule has 4 rings (SSSR count). The van der Waals surface area contributed by atoms with Gasteiger partial charge >= 0.3 is 0 Å². The molecule has 0 saturated carbocycles. The molecule has 0 aliphatic heterocycles. The number of hydrogen-bond donors (Lipinski definition) is 1. The number of benzene rings is 2. The monoisotopic (exact) mass is 407 g/mol. The van der Waals surface area contributed by atoms with Crippen LogP contribution in [0.25, 0.3) is 5.69 Å². The molecule has 1 atom stereocenters. The molecule has 148 valence electrons. The van der Waals surface area contributed by atoms with Crippen LogP contribution in [0.3, 0.4) is 0 Å². The number of carbonyl (C=O) groups is 1. The number of rotatable bonds is 4. The van der Waals surface area contributed by atoms with E-state index in [1.807, 2.05) is 6.07 Å². The van der Waals surface area contributed by atoms with E-state index in [0.29, 0.717) is 17.3 Å². The molecule has 1 amide bonds. The first kappa shape index (κ1) is 19.4. The Hall–Kier alpha value is -2.92. The second-order valence-electron chi connectivity index (χ2n) is 7.38. The Kier molecular flexibility index (Phi) is 5.49. The summed E-state index contributed by atoms with van der Waals surface area (Å²) in [5.74, 6) is -0.186. The van der Waals surface area contributed by atoms with E-state index in [4.69, 9.17) is 11.6 Å². The van der Waals surface area contributed by atoms with Crippen LogP contribution in [-0.4, -0.2) is 22.2 Å². The van der Waals surface area contributed by atoms with Crippen LogP contribution in [0.4, 0.5) is 0 Å². The van der Waals surface area contributed by atoms with Crippen LogP contribution in [0.1, 0.15) is 46.1 Å². The largest absolute Gasteiger partial charge is 0.350 e. The van der Waals surface area contributed by atoms with Crippen molar-refractivity contribution in [3.63, 3.8) is 0 Å². The summed E-state index contributed by atoms with van der Waals surface area (Å²) in [5.41, 5.74) is 3.53. The average molecular weight is 408 g/mol. The fraction of sp³-hybridized carbons (Fsp3) is 0.261. The van der Waals surface area contributed by atoms with Crippen molar-refractivity contribution in [2.45, 2.75) is 32.1 Å². The van der Waals surface area contributed by atoms with Gasteiger partial charge in [-0.3, -0.25) is 9.59 Å². The summed E-state index contributed by atoms with van der Waals surface area (Å²) in [6, 6.07) is 16.9. The highest BCUT2D eigenvalue weighted by Crippen LogP contribution is 2.30. The van der Waals surface area contributed by atoms with Gasteiger partial charge in [-0.15, -0.1) is 0 Å². The fourth-order valence-corrected chi connectivity index (χ4v) is 4.04. The van der Waals surface area contributed by atoms with Crippen molar-refractivity contribution in [1.82, 2.24) is 15.1 Å². The molecule has 1 heterocycles. The number of amides is 1. The number of nitrogens with zero attached hydrogens (tertiary/aromatic N) is 2. The predicted molar refractivity (Wildman–Crippen MR) is 114 cm³/mol. The number of aryl methyl sites for hydroxylation is 2. The molecule has 3 aromatic rings. The van der Waals surface area contributed by atoms with Crippen molar-refractivity contribution in [1.29, 1.82) is 0 Å². The minimum absolute atomic E-state index is 0.102. The Labute approximate surface area is 174 Å². The minimum atomic E-state index is -0.444. The quantitative estimate of drug-likeness (QED) is 0.709. The van der Waals surface area contributed by atoms with E-state index < -0.39 is 5.91 Å². The normalized spacial score (nSPS) is 15.6. The topological polar surface area (TPSA) is 64.0 Å². The molecule has 1 unspecified atom stereocenters. The standard InChI is InChI=1S/C23H22ClN3O2/c1-15-13-21(28)22(26-27(15)19-11-9-18(24)10-12-19)23(29)25-14-17-7-4-6-16-5-2-3-8-20(16)17/h2-3,5,8-13,17H,4,6-7,14H2,1H3,(H,25,29). The summed E-state index contributed by atoms with van der Waals surface area (Å²) in [5, 5.41) is 7.86. The van der Waals surface area contributed by atoms with Crippen LogP contribution >= 0.6 is 11.6 Å². The van der Waals surface area contributed by atoms with E-state index in [9.17, 15) is 9.59 Å². The summed E-state index contributed by atoms with van der Waals surface area (Å²) >= 11 is 5.95. The second kappa shape index (κ2) is 8.21. The van der Waals surface area contributed by atoms with E-state index in [-0.39, 0.29) is 17.0 Å². The van der Waals surface area contributed by atoms with E-state index in [1.54, 1.807) is 35.9 Å². The van der Waals surface area contributed by atoms with Gasteiger partial charge in [-0.2, -0.15) is 5.10 Å². The first-order chi connectivity index (χ1) is 14.0. The summed E-state index contributed by atoms with van der Waals surface area (Å²) in [7, 11) is 0. The molecule has 1 N–H and O–H groups in total. The number of nitrogens with one attached hydrogen (secondary N) is 1. The van der Waals surface area contributed by atoms with Gasteiger partial charge in [-0.05, 0) is 61.6 Å². The van der Waals surface area contributed by atoms with Gasteiger partial charge in [0.15, 0.2) is 5.69 Å². The Balaban J connectivity index is 1.56. The highest BCUT2D eigenvalue weighted by Gasteiger charge is 2.22. The van der Waals surface area contributed by atoms with Gasteiger partial charge in [0.05, 0.1) is 5.69 Å². The lowest BCUT2D eigenvalue weighted by Gasteiger charge is -2.25. The fourth-order valence-electron chi connectivity index (χ4n) is 3.91. The average Bonchev–Trinajstić information content (AvgIpc) is 2.73.